The van der Waals surface area contributed by atoms with Gasteiger partial charge >= 0.3 is 0 Å². The predicted octanol–water partition coefficient (Wildman–Crippen LogP) is 1.37. The summed E-state index contributed by atoms with van der Waals surface area (Å²) in [5, 5.41) is 9.81. The van der Waals surface area contributed by atoms with E-state index in [4.69, 9.17) is 0 Å². The van der Waals surface area contributed by atoms with Crippen LogP contribution in [0.15, 0.2) is 24.3 Å². The summed E-state index contributed by atoms with van der Waals surface area (Å²) in [6.07, 6.45) is 2.46. The molecule has 6 heteroatoms. The fraction of sp³-hybridized carbons (Fsp3) is 0.533. The molecule has 2 fully saturated rings. The first-order chi connectivity index (χ1) is 10.1. The number of phenols is 1. The summed E-state index contributed by atoms with van der Waals surface area (Å²) in [6.45, 7) is 0.400. The third kappa shape index (κ3) is 3.07. The van der Waals surface area contributed by atoms with Crippen LogP contribution >= 0.6 is 15.9 Å². The van der Waals surface area contributed by atoms with E-state index in [-0.39, 0.29) is 22.5 Å². The van der Waals surface area contributed by atoms with Gasteiger partial charge in [-0.05, 0) is 24.8 Å². The zero-order chi connectivity index (χ0) is 15.0. The number of rotatable bonds is 4. The lowest BCUT2D eigenvalue weighted by Gasteiger charge is -2.23. The van der Waals surface area contributed by atoms with Gasteiger partial charge in [0.1, 0.15) is 11.8 Å². The average Bonchev–Trinajstić information content (AvgIpc) is 3.24. The monoisotopic (exact) mass is 353 g/mol. The average molecular weight is 354 g/mol. The SMILES string of the molecule is CN(Cc1ccccc1O)C(=O)C1NNC(C2CC2)C1Br. The number of carbonyl (C=O) groups excluding carboxylic acids is 1. The van der Waals surface area contributed by atoms with Crippen LogP contribution in [-0.4, -0.2) is 39.9 Å². The molecule has 3 atom stereocenters. The molecule has 2 aliphatic rings. The summed E-state index contributed by atoms with van der Waals surface area (Å²) in [5.74, 6) is 0.917. The number of benzene rings is 1. The van der Waals surface area contributed by atoms with Gasteiger partial charge in [-0.1, -0.05) is 34.1 Å². The highest BCUT2D eigenvalue weighted by molar-refractivity contribution is 9.09. The summed E-state index contributed by atoms with van der Waals surface area (Å²) in [5.41, 5.74) is 7.10. The molecule has 1 aliphatic heterocycles. The zero-order valence-corrected chi connectivity index (χ0v) is 13.5. The van der Waals surface area contributed by atoms with E-state index in [0.29, 0.717) is 18.5 Å². The van der Waals surface area contributed by atoms with Gasteiger partial charge in [0.15, 0.2) is 0 Å². The van der Waals surface area contributed by atoms with Gasteiger partial charge in [0.25, 0.3) is 0 Å². The molecule has 21 heavy (non-hydrogen) atoms. The first-order valence-electron chi connectivity index (χ1n) is 7.25. The largest absolute Gasteiger partial charge is 0.508 e. The number of para-hydroxylation sites is 1. The van der Waals surface area contributed by atoms with Crippen LogP contribution in [0.25, 0.3) is 0 Å². The molecule has 5 nitrogen and oxygen atoms in total. The number of likely N-dealkylation sites (N-methyl/N-ethyl adjacent to an activating group) is 1. The van der Waals surface area contributed by atoms with Gasteiger partial charge in [-0.3, -0.25) is 10.2 Å². The molecule has 0 aromatic heterocycles. The Morgan fingerprint density at radius 2 is 2.10 bits per heavy atom. The minimum absolute atomic E-state index is 0.0239. The van der Waals surface area contributed by atoms with E-state index < -0.39 is 0 Å². The molecule has 1 amide bonds. The summed E-state index contributed by atoms with van der Waals surface area (Å²) in [4.78, 5) is 14.3. The van der Waals surface area contributed by atoms with Crippen LogP contribution in [0, 0.1) is 5.92 Å². The molecular weight excluding hydrogens is 334 g/mol. The number of hydrogen-bond donors (Lipinski definition) is 3. The highest BCUT2D eigenvalue weighted by Crippen LogP contribution is 2.38. The number of nitrogens with one attached hydrogen (secondary N) is 2. The smallest absolute Gasteiger partial charge is 0.242 e. The van der Waals surface area contributed by atoms with Gasteiger partial charge in [0, 0.05) is 25.2 Å². The van der Waals surface area contributed by atoms with Crippen LogP contribution in [0.1, 0.15) is 18.4 Å². The standard InChI is InChI=1S/C15H20BrN3O2/c1-19(8-10-4-2-3-5-11(10)20)15(21)14-12(16)13(17-18-14)9-6-7-9/h2-5,9,12-14,17-18,20H,6-8H2,1H3. The van der Waals surface area contributed by atoms with Crippen molar-refractivity contribution in [1.29, 1.82) is 0 Å². The molecule has 0 spiro atoms. The van der Waals surface area contributed by atoms with Crippen molar-refractivity contribution in [2.24, 2.45) is 5.92 Å². The predicted molar refractivity (Wildman–Crippen MR) is 83.9 cm³/mol. The Kier molecular flexibility index (Phi) is 4.19. The van der Waals surface area contributed by atoms with E-state index in [0.717, 1.165) is 5.56 Å². The Balaban J connectivity index is 1.63. The fourth-order valence-corrected chi connectivity index (χ4v) is 3.72. The van der Waals surface area contributed by atoms with Crippen LogP contribution in [0.5, 0.6) is 5.75 Å². The first kappa shape index (κ1) is 14.8. The molecule has 0 radical (unpaired) electrons. The van der Waals surface area contributed by atoms with E-state index in [1.165, 1.54) is 12.8 Å². The van der Waals surface area contributed by atoms with E-state index in [1.807, 2.05) is 12.1 Å². The van der Waals surface area contributed by atoms with Crippen molar-refractivity contribution in [3.63, 3.8) is 0 Å². The Morgan fingerprint density at radius 3 is 2.76 bits per heavy atom. The van der Waals surface area contributed by atoms with Gasteiger partial charge in [-0.25, -0.2) is 5.43 Å². The lowest BCUT2D eigenvalue weighted by atomic mass is 10.0. The van der Waals surface area contributed by atoms with Crippen LogP contribution in [0.3, 0.4) is 0 Å². The van der Waals surface area contributed by atoms with Crippen LogP contribution < -0.4 is 10.9 Å². The maximum atomic E-state index is 12.6. The van der Waals surface area contributed by atoms with Crippen molar-refractivity contribution in [3.05, 3.63) is 29.8 Å². The maximum Gasteiger partial charge on any atom is 0.242 e. The van der Waals surface area contributed by atoms with Gasteiger partial charge < -0.3 is 10.0 Å². The van der Waals surface area contributed by atoms with Crippen molar-refractivity contribution in [2.45, 2.75) is 36.3 Å². The number of amides is 1. The quantitative estimate of drug-likeness (QED) is 0.715. The third-order valence-electron chi connectivity index (χ3n) is 4.24. The molecule has 1 saturated heterocycles. The number of carbonyl (C=O) groups is 1. The van der Waals surface area contributed by atoms with Crippen molar-refractivity contribution in [2.75, 3.05) is 7.05 Å². The van der Waals surface area contributed by atoms with Crippen LogP contribution in [0.2, 0.25) is 0 Å². The van der Waals surface area contributed by atoms with Crippen molar-refractivity contribution < 1.29 is 9.90 Å². The second-order valence-corrected chi connectivity index (χ2v) is 6.95. The normalized spacial score (nSPS) is 28.6. The number of hydrazine groups is 1. The third-order valence-corrected chi connectivity index (χ3v) is 5.34. The summed E-state index contributed by atoms with van der Waals surface area (Å²) in [6, 6.07) is 7.15. The Morgan fingerprint density at radius 1 is 1.38 bits per heavy atom. The molecule has 1 saturated carbocycles. The molecule has 1 heterocycles. The van der Waals surface area contributed by atoms with Crippen molar-refractivity contribution >= 4 is 21.8 Å². The Bertz CT molecular complexity index is 535. The highest BCUT2D eigenvalue weighted by atomic mass is 79.9. The first-order valence-corrected chi connectivity index (χ1v) is 8.16. The van der Waals surface area contributed by atoms with Gasteiger partial charge in [0.05, 0.1) is 4.83 Å². The van der Waals surface area contributed by atoms with Crippen LogP contribution in [0.4, 0.5) is 0 Å². The minimum atomic E-state index is -0.272. The molecule has 3 N–H and O–H groups in total. The topological polar surface area (TPSA) is 64.6 Å². The second kappa shape index (κ2) is 5.94. The van der Waals surface area contributed by atoms with Gasteiger partial charge in [-0.2, -0.15) is 0 Å². The molecule has 114 valence electrons. The van der Waals surface area contributed by atoms with Crippen LogP contribution in [-0.2, 0) is 11.3 Å². The lowest BCUT2D eigenvalue weighted by Crippen LogP contribution is -2.46. The minimum Gasteiger partial charge on any atom is -0.508 e. The summed E-state index contributed by atoms with van der Waals surface area (Å²) < 4.78 is 0. The number of aromatic hydroxyl groups is 1. The van der Waals surface area contributed by atoms with E-state index >= 15 is 0 Å². The molecular formula is C15H20BrN3O2. The number of hydrogen-bond acceptors (Lipinski definition) is 4. The Hall–Kier alpha value is -1.11. The lowest BCUT2D eigenvalue weighted by molar-refractivity contribution is -0.132. The molecule has 1 aliphatic carbocycles. The van der Waals surface area contributed by atoms with E-state index in [1.54, 1.807) is 24.1 Å². The van der Waals surface area contributed by atoms with Gasteiger partial charge in [-0.15, -0.1) is 0 Å². The van der Waals surface area contributed by atoms with Crippen molar-refractivity contribution in [1.82, 2.24) is 15.8 Å². The number of halogens is 1. The molecule has 3 unspecified atom stereocenters. The Labute approximate surface area is 132 Å². The molecule has 0 bridgehead atoms. The summed E-state index contributed by atoms with van der Waals surface area (Å²) >= 11 is 3.66. The fourth-order valence-electron chi connectivity index (χ4n) is 2.80. The van der Waals surface area contributed by atoms with E-state index in [2.05, 4.69) is 26.8 Å². The van der Waals surface area contributed by atoms with E-state index in [9.17, 15) is 9.90 Å². The molecule has 1 aromatic rings. The maximum absolute atomic E-state index is 12.6. The number of nitrogens with zero attached hydrogens (tertiary/aromatic N) is 1. The highest BCUT2D eigenvalue weighted by Gasteiger charge is 2.46. The summed E-state index contributed by atoms with van der Waals surface area (Å²) in [7, 11) is 1.76. The molecule has 1 aromatic carbocycles. The number of phenolic OH excluding ortho intramolecular Hbond substituents is 1. The second-order valence-electron chi connectivity index (χ2n) is 5.90. The molecule has 3 rings (SSSR count). The van der Waals surface area contributed by atoms with Crippen molar-refractivity contribution in [3.8, 4) is 5.75 Å². The van der Waals surface area contributed by atoms with Gasteiger partial charge in [0.2, 0.25) is 5.91 Å². The zero-order valence-electron chi connectivity index (χ0n) is 11.9. The number of alkyl halides is 1.